The molecule has 1 aliphatic carbocycles. The molecule has 4 aromatic carbocycles. The number of fused-ring (bicyclic) bond motifs is 2. The van der Waals surface area contributed by atoms with Crippen molar-refractivity contribution in [3.05, 3.63) is 117 Å². The van der Waals surface area contributed by atoms with Crippen LogP contribution in [0.15, 0.2) is 83.7 Å². The van der Waals surface area contributed by atoms with Crippen LogP contribution < -0.4 is 15.6 Å². The highest BCUT2D eigenvalue weighted by molar-refractivity contribution is 6.30. The van der Waals surface area contributed by atoms with E-state index in [0.29, 0.717) is 50.3 Å². The zero-order valence-corrected chi connectivity index (χ0v) is 25.5. The van der Waals surface area contributed by atoms with E-state index in [2.05, 4.69) is 31.1 Å². The molecule has 0 fully saturated rings. The lowest BCUT2D eigenvalue weighted by atomic mass is 9.81. The standard InChI is InChI=1S/C37H34N2O5/c1-6-37(4,5)22-15-17-24(18-16-22)44-28-20-27(38-23-12-10-11-21(3)19-23)30-31-29(25-13-8-9-14-26(25)34(30)40)32(36(42)43-7-2)35(41)39-33(28)31/h8-20,38H,6-7H2,1-5H3,(H,39,41). The van der Waals surface area contributed by atoms with Crippen molar-refractivity contribution < 1.29 is 19.1 Å². The first-order chi connectivity index (χ1) is 21.1. The fourth-order valence-corrected chi connectivity index (χ4v) is 5.75. The highest BCUT2D eigenvalue weighted by Gasteiger charge is 2.35. The van der Waals surface area contributed by atoms with Gasteiger partial charge in [0.25, 0.3) is 5.56 Å². The van der Waals surface area contributed by atoms with E-state index in [-0.39, 0.29) is 23.4 Å². The molecule has 0 radical (unpaired) electrons. The van der Waals surface area contributed by atoms with Crippen LogP contribution in [-0.4, -0.2) is 23.3 Å². The lowest BCUT2D eigenvalue weighted by Gasteiger charge is -2.26. The smallest absolute Gasteiger partial charge is 0.344 e. The van der Waals surface area contributed by atoms with Gasteiger partial charge in [0.15, 0.2) is 11.5 Å². The van der Waals surface area contributed by atoms with E-state index in [0.717, 1.165) is 17.7 Å². The van der Waals surface area contributed by atoms with E-state index in [1.807, 2.05) is 55.5 Å². The van der Waals surface area contributed by atoms with Crippen molar-refractivity contribution in [2.45, 2.75) is 46.5 Å². The molecule has 7 heteroatoms. The Morgan fingerprint density at radius 3 is 2.30 bits per heavy atom. The summed E-state index contributed by atoms with van der Waals surface area (Å²) >= 11 is 0. The van der Waals surface area contributed by atoms with E-state index in [1.54, 1.807) is 37.3 Å². The van der Waals surface area contributed by atoms with Crippen molar-refractivity contribution in [1.29, 1.82) is 0 Å². The summed E-state index contributed by atoms with van der Waals surface area (Å²) in [6.45, 7) is 10.3. The average molecular weight is 587 g/mol. The van der Waals surface area contributed by atoms with Crippen LogP contribution in [0.5, 0.6) is 11.5 Å². The summed E-state index contributed by atoms with van der Waals surface area (Å²) in [5, 5.41) is 3.84. The molecule has 0 aliphatic heterocycles. The first-order valence-corrected chi connectivity index (χ1v) is 14.8. The minimum Gasteiger partial charge on any atom is -0.462 e. The second kappa shape index (κ2) is 11.2. The molecule has 5 aromatic rings. The number of ether oxygens (including phenoxy) is 2. The van der Waals surface area contributed by atoms with E-state index in [4.69, 9.17) is 9.47 Å². The van der Waals surface area contributed by atoms with Crippen molar-refractivity contribution >= 4 is 34.0 Å². The lowest BCUT2D eigenvalue weighted by molar-refractivity contribution is 0.0525. The molecule has 1 aliphatic rings. The average Bonchev–Trinajstić information content (AvgIpc) is 3.00. The number of carbonyl (C=O) groups excluding carboxylic acids is 2. The summed E-state index contributed by atoms with van der Waals surface area (Å²) in [4.78, 5) is 44.0. The Bertz CT molecular complexity index is 2000. The van der Waals surface area contributed by atoms with Crippen molar-refractivity contribution in [2.24, 2.45) is 0 Å². The lowest BCUT2D eigenvalue weighted by Crippen LogP contribution is -2.25. The number of carbonyl (C=O) groups is 2. The number of benzene rings is 4. The SMILES string of the molecule is CCOC(=O)c1c2c3c(c(Nc4cccc(C)c4)cc(Oc4ccc(C(C)(C)CC)cc4)c3[nH]c1=O)C(=O)c1ccccc1-2. The normalized spacial score (nSPS) is 12.2. The molecule has 0 saturated heterocycles. The van der Waals surface area contributed by atoms with Gasteiger partial charge in [-0.15, -0.1) is 0 Å². The molecule has 1 aromatic heterocycles. The third-order valence-corrected chi connectivity index (χ3v) is 8.45. The molecule has 0 bridgehead atoms. The molecule has 0 amide bonds. The summed E-state index contributed by atoms with van der Waals surface area (Å²) in [6, 6.07) is 24.4. The molecular formula is C37H34N2O5. The fourth-order valence-electron chi connectivity index (χ4n) is 5.75. The van der Waals surface area contributed by atoms with Crippen molar-refractivity contribution in [1.82, 2.24) is 4.98 Å². The Labute approximate surface area is 255 Å². The van der Waals surface area contributed by atoms with Crippen LogP contribution in [0.1, 0.15) is 71.5 Å². The summed E-state index contributed by atoms with van der Waals surface area (Å²) in [5.74, 6) is -0.0820. The van der Waals surface area contributed by atoms with Crippen LogP contribution in [-0.2, 0) is 10.2 Å². The number of hydrogen-bond acceptors (Lipinski definition) is 6. The largest absolute Gasteiger partial charge is 0.462 e. The van der Waals surface area contributed by atoms with Crippen LogP contribution in [0.3, 0.4) is 0 Å². The number of hydrogen-bond donors (Lipinski definition) is 2. The van der Waals surface area contributed by atoms with Crippen LogP contribution in [0.25, 0.3) is 22.0 Å². The number of H-pyrrole nitrogens is 1. The maximum Gasteiger partial charge on any atom is 0.344 e. The van der Waals surface area contributed by atoms with Crippen molar-refractivity contribution in [3.8, 4) is 22.6 Å². The third kappa shape index (κ3) is 4.94. The number of esters is 1. The maximum atomic E-state index is 14.2. The molecule has 0 atom stereocenters. The van der Waals surface area contributed by atoms with Gasteiger partial charge in [0.1, 0.15) is 11.3 Å². The van der Waals surface area contributed by atoms with Gasteiger partial charge in [-0.2, -0.15) is 0 Å². The Balaban J connectivity index is 1.65. The van der Waals surface area contributed by atoms with E-state index in [9.17, 15) is 14.4 Å². The monoisotopic (exact) mass is 586 g/mol. The molecule has 6 rings (SSSR count). The number of aromatic amines is 1. The molecule has 0 unspecified atom stereocenters. The number of rotatable bonds is 8. The Hall–Kier alpha value is -5.17. The van der Waals surface area contributed by atoms with Crippen LogP contribution in [0.4, 0.5) is 11.4 Å². The van der Waals surface area contributed by atoms with Gasteiger partial charge in [-0.1, -0.05) is 69.3 Å². The fraction of sp³-hybridized carbons (Fsp3) is 0.216. The maximum absolute atomic E-state index is 14.2. The van der Waals surface area contributed by atoms with Crippen molar-refractivity contribution in [2.75, 3.05) is 11.9 Å². The van der Waals surface area contributed by atoms with Gasteiger partial charge in [-0.05, 0) is 66.6 Å². The highest BCUT2D eigenvalue weighted by Crippen LogP contribution is 2.47. The summed E-state index contributed by atoms with van der Waals surface area (Å²) in [5.41, 5.74) is 4.63. The second-order valence-corrected chi connectivity index (χ2v) is 11.7. The number of anilines is 2. The number of nitrogens with one attached hydrogen (secondary N) is 2. The minimum atomic E-state index is -0.755. The van der Waals surface area contributed by atoms with E-state index in [1.165, 1.54) is 5.56 Å². The predicted octanol–water partition coefficient (Wildman–Crippen LogP) is 8.45. The van der Waals surface area contributed by atoms with Gasteiger partial charge in [-0.25, -0.2) is 4.79 Å². The number of ketones is 1. The first kappa shape index (κ1) is 28.9. The molecule has 7 nitrogen and oxygen atoms in total. The van der Waals surface area contributed by atoms with Gasteiger partial charge >= 0.3 is 5.97 Å². The summed E-state index contributed by atoms with van der Waals surface area (Å²) < 4.78 is 11.8. The highest BCUT2D eigenvalue weighted by atomic mass is 16.5. The van der Waals surface area contributed by atoms with E-state index >= 15 is 0 Å². The minimum absolute atomic E-state index is 0.00612. The Kier molecular flexibility index (Phi) is 7.33. The van der Waals surface area contributed by atoms with Crippen LogP contribution in [0, 0.1) is 6.92 Å². The molecule has 0 spiro atoms. The van der Waals surface area contributed by atoms with Gasteiger partial charge in [0, 0.05) is 28.3 Å². The number of aryl methyl sites for hydroxylation is 1. The Morgan fingerprint density at radius 1 is 0.886 bits per heavy atom. The first-order valence-electron chi connectivity index (χ1n) is 14.8. The predicted molar refractivity (Wildman–Crippen MR) is 174 cm³/mol. The molecule has 0 saturated carbocycles. The third-order valence-electron chi connectivity index (χ3n) is 8.45. The van der Waals surface area contributed by atoms with Crippen LogP contribution >= 0.6 is 0 Å². The van der Waals surface area contributed by atoms with Gasteiger partial charge in [0.05, 0.1) is 23.4 Å². The zero-order chi connectivity index (χ0) is 31.2. The summed E-state index contributed by atoms with van der Waals surface area (Å²) in [7, 11) is 0. The van der Waals surface area contributed by atoms with Crippen molar-refractivity contribution in [3.63, 3.8) is 0 Å². The number of aromatic nitrogens is 1. The molecule has 1 heterocycles. The van der Waals surface area contributed by atoms with Gasteiger partial charge < -0.3 is 19.8 Å². The van der Waals surface area contributed by atoms with Crippen LogP contribution in [0.2, 0.25) is 0 Å². The topological polar surface area (TPSA) is 97.5 Å². The summed E-state index contributed by atoms with van der Waals surface area (Å²) in [6.07, 6.45) is 0.982. The molecular weight excluding hydrogens is 552 g/mol. The number of pyridine rings is 1. The zero-order valence-electron chi connectivity index (χ0n) is 25.5. The molecule has 2 N–H and O–H groups in total. The Morgan fingerprint density at radius 2 is 1.61 bits per heavy atom. The van der Waals surface area contributed by atoms with E-state index < -0.39 is 11.5 Å². The quantitative estimate of drug-likeness (QED) is 0.174. The van der Waals surface area contributed by atoms with Gasteiger partial charge in [0.2, 0.25) is 0 Å². The molecule has 44 heavy (non-hydrogen) atoms. The van der Waals surface area contributed by atoms with Gasteiger partial charge in [-0.3, -0.25) is 9.59 Å². The second-order valence-electron chi connectivity index (χ2n) is 11.7. The molecule has 222 valence electrons.